The fraction of sp³-hybridized carbons (Fsp3) is 0.429. The molecule has 1 unspecified atom stereocenters. The third-order valence-electron chi connectivity index (χ3n) is 5.18. The van der Waals surface area contributed by atoms with Gasteiger partial charge in [-0.1, -0.05) is 18.2 Å². The minimum absolute atomic E-state index is 0. The Morgan fingerprint density at radius 3 is 2.52 bits per heavy atom. The summed E-state index contributed by atoms with van der Waals surface area (Å²) in [6, 6.07) is 11.8. The van der Waals surface area contributed by atoms with Gasteiger partial charge in [0.1, 0.15) is 11.5 Å². The molecule has 0 bridgehead atoms. The Kier molecular flexibility index (Phi) is 7.36. The van der Waals surface area contributed by atoms with Gasteiger partial charge in [-0.2, -0.15) is 0 Å². The highest BCUT2D eigenvalue weighted by molar-refractivity contribution is 5.85. The summed E-state index contributed by atoms with van der Waals surface area (Å²) in [5, 5.41) is 27.4. The van der Waals surface area contributed by atoms with Gasteiger partial charge in [-0.25, -0.2) is 0 Å². The van der Waals surface area contributed by atoms with Crippen LogP contribution in [-0.4, -0.2) is 36.5 Å². The molecule has 3 rings (SSSR count). The van der Waals surface area contributed by atoms with Crippen LogP contribution in [0.15, 0.2) is 36.4 Å². The summed E-state index contributed by atoms with van der Waals surface area (Å²) in [6.07, 6.45) is 1.96. The number of rotatable bonds is 6. The van der Waals surface area contributed by atoms with Crippen LogP contribution in [0.1, 0.15) is 36.1 Å². The molecule has 3 atom stereocenters. The average Bonchev–Trinajstić information content (AvgIpc) is 2.64. The molecule has 0 amide bonds. The number of aliphatic hydroxyl groups is 1. The Morgan fingerprint density at radius 1 is 1.19 bits per heavy atom. The Bertz CT molecular complexity index is 752. The molecule has 0 spiro atoms. The van der Waals surface area contributed by atoms with Crippen molar-refractivity contribution >= 4 is 18.1 Å². The number of hydrogen-bond donors (Lipinski definition) is 4. The molecule has 0 heterocycles. The molecular formula is C21H29ClN2O3. The van der Waals surface area contributed by atoms with E-state index in [4.69, 9.17) is 4.74 Å². The predicted octanol–water partition coefficient (Wildman–Crippen LogP) is 3.43. The van der Waals surface area contributed by atoms with E-state index in [1.165, 1.54) is 5.56 Å². The van der Waals surface area contributed by atoms with E-state index in [0.717, 1.165) is 41.8 Å². The first-order valence-electron chi connectivity index (χ1n) is 9.13. The van der Waals surface area contributed by atoms with Crippen molar-refractivity contribution in [2.24, 2.45) is 0 Å². The second-order valence-corrected chi connectivity index (χ2v) is 6.99. The fourth-order valence-electron chi connectivity index (χ4n) is 3.87. The number of aliphatic hydroxyl groups excluding tert-OH is 1. The van der Waals surface area contributed by atoms with Gasteiger partial charge in [-0.05, 0) is 61.1 Å². The van der Waals surface area contributed by atoms with E-state index in [9.17, 15) is 10.2 Å². The molecule has 0 aromatic heterocycles. The number of halogens is 1. The van der Waals surface area contributed by atoms with Gasteiger partial charge in [-0.3, -0.25) is 0 Å². The van der Waals surface area contributed by atoms with Crippen molar-refractivity contribution in [1.29, 1.82) is 0 Å². The molecular weight excluding hydrogens is 364 g/mol. The summed E-state index contributed by atoms with van der Waals surface area (Å²) in [5.41, 5.74) is 3.87. The van der Waals surface area contributed by atoms with Crippen LogP contribution in [0.2, 0.25) is 0 Å². The first-order chi connectivity index (χ1) is 12.5. The minimum atomic E-state index is -0.579. The number of ether oxygens (including phenoxy) is 1. The number of methoxy groups -OCH3 is 1. The lowest BCUT2D eigenvalue weighted by Crippen LogP contribution is -2.44. The van der Waals surface area contributed by atoms with Crippen LogP contribution < -0.4 is 15.4 Å². The predicted molar refractivity (Wildman–Crippen MR) is 111 cm³/mol. The first-order valence-corrected chi connectivity index (χ1v) is 9.13. The van der Waals surface area contributed by atoms with Gasteiger partial charge >= 0.3 is 0 Å². The second kappa shape index (κ2) is 9.31. The lowest BCUT2D eigenvalue weighted by Gasteiger charge is -2.34. The van der Waals surface area contributed by atoms with Gasteiger partial charge in [0.15, 0.2) is 0 Å². The highest BCUT2D eigenvalue weighted by Gasteiger charge is 2.30. The molecule has 0 saturated carbocycles. The first kappa shape index (κ1) is 21.4. The van der Waals surface area contributed by atoms with Gasteiger partial charge in [0.05, 0.1) is 18.9 Å². The van der Waals surface area contributed by atoms with Gasteiger partial charge in [0, 0.05) is 19.1 Å². The molecule has 4 N–H and O–H groups in total. The van der Waals surface area contributed by atoms with Crippen molar-refractivity contribution < 1.29 is 14.9 Å². The number of benzene rings is 2. The summed E-state index contributed by atoms with van der Waals surface area (Å²) >= 11 is 0. The van der Waals surface area contributed by atoms with E-state index in [1.54, 1.807) is 20.2 Å². The monoisotopic (exact) mass is 392 g/mol. The number of fused-ring (bicyclic) bond motifs is 1. The van der Waals surface area contributed by atoms with Crippen LogP contribution in [0.5, 0.6) is 11.5 Å². The maximum atomic E-state index is 10.8. The quantitative estimate of drug-likeness (QED) is 0.567. The number of phenols is 1. The van der Waals surface area contributed by atoms with Gasteiger partial charge < -0.3 is 25.6 Å². The number of anilines is 1. The number of phenolic OH excluding ortho intramolecular Hbond substituents is 1. The summed E-state index contributed by atoms with van der Waals surface area (Å²) in [5.74, 6) is 1.09. The third kappa shape index (κ3) is 4.67. The van der Waals surface area contributed by atoms with Crippen molar-refractivity contribution in [2.75, 3.05) is 19.5 Å². The number of hydrogen-bond acceptors (Lipinski definition) is 5. The molecule has 148 valence electrons. The summed E-state index contributed by atoms with van der Waals surface area (Å²) in [4.78, 5) is 0. The Morgan fingerprint density at radius 2 is 1.89 bits per heavy atom. The lowest BCUT2D eigenvalue weighted by atomic mass is 9.84. The van der Waals surface area contributed by atoms with Gasteiger partial charge in [0.25, 0.3) is 0 Å². The fourth-order valence-corrected chi connectivity index (χ4v) is 3.87. The van der Waals surface area contributed by atoms with Gasteiger partial charge in [0.2, 0.25) is 0 Å². The zero-order valence-corrected chi connectivity index (χ0v) is 16.8. The molecule has 5 nitrogen and oxygen atoms in total. The zero-order valence-electron chi connectivity index (χ0n) is 16.0. The Labute approximate surface area is 167 Å². The van der Waals surface area contributed by atoms with E-state index in [-0.39, 0.29) is 30.2 Å². The topological polar surface area (TPSA) is 73.8 Å². The summed E-state index contributed by atoms with van der Waals surface area (Å²) in [6.45, 7) is 2.14. The van der Waals surface area contributed by atoms with Crippen LogP contribution >= 0.6 is 12.4 Å². The summed E-state index contributed by atoms with van der Waals surface area (Å²) < 4.78 is 5.20. The largest absolute Gasteiger partial charge is 0.506 e. The molecule has 2 aromatic rings. The van der Waals surface area contributed by atoms with Crippen LogP contribution in [0.3, 0.4) is 0 Å². The van der Waals surface area contributed by atoms with Gasteiger partial charge in [-0.15, -0.1) is 12.4 Å². The van der Waals surface area contributed by atoms with Crippen molar-refractivity contribution in [3.05, 3.63) is 53.1 Å². The van der Waals surface area contributed by atoms with E-state index >= 15 is 0 Å². The molecule has 1 aliphatic carbocycles. The summed E-state index contributed by atoms with van der Waals surface area (Å²) in [7, 11) is 3.46. The van der Waals surface area contributed by atoms with E-state index in [2.05, 4.69) is 29.7 Å². The van der Waals surface area contributed by atoms with Crippen LogP contribution in [-0.2, 0) is 12.8 Å². The van der Waals surface area contributed by atoms with E-state index in [0.29, 0.717) is 0 Å². The van der Waals surface area contributed by atoms with Crippen LogP contribution in [0.4, 0.5) is 5.69 Å². The molecule has 2 aromatic carbocycles. The second-order valence-electron chi connectivity index (χ2n) is 6.99. The van der Waals surface area contributed by atoms with Crippen LogP contribution in [0.25, 0.3) is 0 Å². The number of aromatic hydroxyl groups is 1. The SMILES string of the molecule is CNc1c(O)ccc2c1CC[C@@H](NC(C)Cc1ccc(OC)cc1)[C@@H]2O.Cl. The Balaban J connectivity index is 0.00000261. The molecule has 0 aliphatic heterocycles. The molecule has 27 heavy (non-hydrogen) atoms. The molecule has 6 heteroatoms. The maximum absolute atomic E-state index is 10.8. The minimum Gasteiger partial charge on any atom is -0.506 e. The van der Waals surface area contributed by atoms with Crippen molar-refractivity contribution in [3.8, 4) is 11.5 Å². The standard InChI is InChI=1S/C21H28N2O3.ClH/c1-13(12-14-4-6-15(26-3)7-5-14)23-18-10-8-16-17(21(18)25)9-11-19(24)20(16)22-2;/h4-7,9,11,13,18,21-25H,8,10,12H2,1-3H3;1H/t13?,18-,21-;/m1./s1. The molecule has 0 fully saturated rings. The van der Waals surface area contributed by atoms with Crippen LogP contribution in [0, 0.1) is 0 Å². The van der Waals surface area contributed by atoms with Crippen molar-refractivity contribution in [2.45, 2.75) is 44.4 Å². The zero-order chi connectivity index (χ0) is 18.7. The van der Waals surface area contributed by atoms with Crippen molar-refractivity contribution in [1.82, 2.24) is 5.32 Å². The Hall–Kier alpha value is -1.95. The van der Waals surface area contributed by atoms with Crippen molar-refractivity contribution in [3.63, 3.8) is 0 Å². The van der Waals surface area contributed by atoms with E-state index in [1.807, 2.05) is 18.2 Å². The highest BCUT2D eigenvalue weighted by atomic mass is 35.5. The van der Waals surface area contributed by atoms with E-state index < -0.39 is 6.10 Å². The maximum Gasteiger partial charge on any atom is 0.138 e. The highest BCUT2D eigenvalue weighted by Crippen LogP contribution is 2.39. The molecule has 0 saturated heterocycles. The molecule has 1 aliphatic rings. The number of nitrogens with one attached hydrogen (secondary N) is 2. The lowest BCUT2D eigenvalue weighted by molar-refractivity contribution is 0.109. The normalized spacial score (nSPS) is 19.6. The smallest absolute Gasteiger partial charge is 0.138 e. The molecule has 0 radical (unpaired) electrons. The average molecular weight is 393 g/mol. The third-order valence-corrected chi connectivity index (χ3v) is 5.18.